The summed E-state index contributed by atoms with van der Waals surface area (Å²) in [6.45, 7) is 1.26. The Hall–Kier alpha value is -1.72. The number of Topliss-reactive ketones (excluding diaryl/α,β-unsaturated/α-hetero) is 1. The summed E-state index contributed by atoms with van der Waals surface area (Å²) in [5.41, 5.74) is 0. The Morgan fingerprint density at radius 1 is 1.00 bits per heavy atom. The van der Waals surface area contributed by atoms with Gasteiger partial charge in [-0.1, -0.05) is 0 Å². The van der Waals surface area contributed by atoms with Crippen LogP contribution in [0.2, 0.25) is 0 Å². The van der Waals surface area contributed by atoms with E-state index >= 15 is 0 Å². The molecule has 0 unspecified atom stereocenters. The lowest BCUT2D eigenvalue weighted by atomic mass is 9.80. The highest BCUT2D eigenvalue weighted by molar-refractivity contribution is 6.09. The van der Waals surface area contributed by atoms with Crippen molar-refractivity contribution in [3.63, 3.8) is 0 Å². The number of likely N-dealkylation sites (tertiary alicyclic amines) is 2. The van der Waals surface area contributed by atoms with Gasteiger partial charge >= 0.3 is 0 Å². The van der Waals surface area contributed by atoms with E-state index in [4.69, 9.17) is 0 Å². The van der Waals surface area contributed by atoms with E-state index in [0.717, 1.165) is 24.2 Å². The fourth-order valence-electron chi connectivity index (χ4n) is 3.61. The standard InChI is InChI=1S/C15H20N2O4/c18-10-4-5-11-12(8-10)15(21)17(14(11)20)9-13(19)16-6-2-1-3-7-16/h11-12H,1-9H2/t11-,12+/m0/s1. The van der Waals surface area contributed by atoms with Crippen LogP contribution in [0.25, 0.3) is 0 Å². The van der Waals surface area contributed by atoms with Crippen molar-refractivity contribution >= 4 is 23.5 Å². The van der Waals surface area contributed by atoms with Crippen LogP contribution in [0.15, 0.2) is 0 Å². The molecule has 3 aliphatic rings. The molecule has 0 aromatic carbocycles. The molecule has 0 bridgehead atoms. The summed E-state index contributed by atoms with van der Waals surface area (Å²) in [7, 11) is 0. The Balaban J connectivity index is 1.67. The van der Waals surface area contributed by atoms with Gasteiger partial charge in [0, 0.05) is 25.9 Å². The molecule has 6 nitrogen and oxygen atoms in total. The molecule has 0 radical (unpaired) electrons. The topological polar surface area (TPSA) is 74.8 Å². The van der Waals surface area contributed by atoms with Gasteiger partial charge in [0.15, 0.2) is 0 Å². The van der Waals surface area contributed by atoms with E-state index in [0.29, 0.717) is 25.9 Å². The first kappa shape index (κ1) is 14.2. The maximum Gasteiger partial charge on any atom is 0.242 e. The molecule has 0 spiro atoms. The zero-order chi connectivity index (χ0) is 15.0. The van der Waals surface area contributed by atoms with E-state index in [2.05, 4.69) is 0 Å². The minimum Gasteiger partial charge on any atom is -0.341 e. The maximum atomic E-state index is 12.3. The highest BCUT2D eigenvalue weighted by Crippen LogP contribution is 2.36. The summed E-state index contributed by atoms with van der Waals surface area (Å²) < 4.78 is 0. The molecule has 114 valence electrons. The Kier molecular flexibility index (Phi) is 3.78. The summed E-state index contributed by atoms with van der Waals surface area (Å²) in [6.07, 6.45) is 4.05. The molecule has 3 amide bonds. The molecular weight excluding hydrogens is 272 g/mol. The fourth-order valence-corrected chi connectivity index (χ4v) is 3.61. The third-order valence-corrected chi connectivity index (χ3v) is 4.84. The van der Waals surface area contributed by atoms with Gasteiger partial charge in [-0.05, 0) is 25.7 Å². The molecule has 2 heterocycles. The van der Waals surface area contributed by atoms with Crippen LogP contribution in [0, 0.1) is 11.8 Å². The Morgan fingerprint density at radius 2 is 1.67 bits per heavy atom. The molecule has 1 saturated carbocycles. The molecule has 0 N–H and O–H groups in total. The summed E-state index contributed by atoms with van der Waals surface area (Å²) in [5, 5.41) is 0. The van der Waals surface area contributed by atoms with E-state index in [1.165, 1.54) is 0 Å². The van der Waals surface area contributed by atoms with Crippen LogP contribution in [0.5, 0.6) is 0 Å². The van der Waals surface area contributed by atoms with Crippen LogP contribution in [-0.4, -0.2) is 52.9 Å². The quantitative estimate of drug-likeness (QED) is 0.688. The smallest absolute Gasteiger partial charge is 0.242 e. The van der Waals surface area contributed by atoms with E-state index < -0.39 is 5.92 Å². The van der Waals surface area contributed by atoms with Crippen LogP contribution in [0.1, 0.15) is 38.5 Å². The van der Waals surface area contributed by atoms with Crippen molar-refractivity contribution in [3.05, 3.63) is 0 Å². The predicted molar refractivity (Wildman–Crippen MR) is 73.0 cm³/mol. The minimum absolute atomic E-state index is 0.0432. The molecular formula is C15H20N2O4. The number of ketones is 1. The Labute approximate surface area is 123 Å². The number of rotatable bonds is 2. The van der Waals surface area contributed by atoms with Crippen LogP contribution in [0.3, 0.4) is 0 Å². The van der Waals surface area contributed by atoms with Gasteiger partial charge in [-0.25, -0.2) is 0 Å². The second-order valence-corrected chi connectivity index (χ2v) is 6.20. The largest absolute Gasteiger partial charge is 0.341 e. The number of nitrogens with zero attached hydrogens (tertiary/aromatic N) is 2. The van der Waals surface area contributed by atoms with E-state index in [9.17, 15) is 19.2 Å². The first-order chi connectivity index (χ1) is 10.1. The monoisotopic (exact) mass is 292 g/mol. The number of imide groups is 1. The van der Waals surface area contributed by atoms with Gasteiger partial charge in [0.2, 0.25) is 17.7 Å². The van der Waals surface area contributed by atoms with Crippen LogP contribution >= 0.6 is 0 Å². The molecule has 2 saturated heterocycles. The third kappa shape index (κ3) is 2.59. The molecule has 0 aromatic heterocycles. The average molecular weight is 292 g/mol. The molecule has 3 fully saturated rings. The van der Waals surface area contributed by atoms with E-state index in [1.807, 2.05) is 0 Å². The molecule has 6 heteroatoms. The predicted octanol–water partition coefficient (Wildman–Crippen LogP) is 0.353. The lowest BCUT2D eigenvalue weighted by molar-refractivity contribution is -0.147. The van der Waals surface area contributed by atoms with Gasteiger partial charge in [0.05, 0.1) is 11.8 Å². The first-order valence-electron chi connectivity index (χ1n) is 7.72. The zero-order valence-electron chi connectivity index (χ0n) is 12.0. The molecule has 21 heavy (non-hydrogen) atoms. The average Bonchev–Trinajstić information content (AvgIpc) is 2.73. The highest BCUT2D eigenvalue weighted by atomic mass is 16.2. The molecule has 1 aliphatic carbocycles. The summed E-state index contributed by atoms with van der Waals surface area (Å²) in [4.78, 5) is 51.1. The van der Waals surface area contributed by atoms with Crippen molar-refractivity contribution in [2.24, 2.45) is 11.8 Å². The number of hydrogen-bond acceptors (Lipinski definition) is 4. The van der Waals surface area contributed by atoms with Crippen LogP contribution in [0.4, 0.5) is 0 Å². The van der Waals surface area contributed by atoms with Crippen LogP contribution < -0.4 is 0 Å². The molecule has 2 aliphatic heterocycles. The van der Waals surface area contributed by atoms with Gasteiger partial charge in [-0.2, -0.15) is 0 Å². The minimum atomic E-state index is -0.520. The third-order valence-electron chi connectivity index (χ3n) is 4.84. The second-order valence-electron chi connectivity index (χ2n) is 6.20. The second kappa shape index (κ2) is 5.58. The van der Waals surface area contributed by atoms with Crippen molar-refractivity contribution in [2.75, 3.05) is 19.6 Å². The lowest BCUT2D eigenvalue weighted by Crippen LogP contribution is -2.44. The lowest BCUT2D eigenvalue weighted by Gasteiger charge is -2.28. The number of fused-ring (bicyclic) bond motifs is 1. The van der Waals surface area contributed by atoms with E-state index in [1.54, 1.807) is 4.90 Å². The summed E-state index contributed by atoms with van der Waals surface area (Å²) >= 11 is 0. The normalized spacial score (nSPS) is 29.8. The molecule has 3 rings (SSSR count). The molecule has 0 aromatic rings. The zero-order valence-corrected chi connectivity index (χ0v) is 12.0. The maximum absolute atomic E-state index is 12.3. The number of carbonyl (C=O) groups is 4. The van der Waals surface area contributed by atoms with Gasteiger partial charge in [0.1, 0.15) is 12.3 Å². The number of hydrogen-bond donors (Lipinski definition) is 0. The fraction of sp³-hybridized carbons (Fsp3) is 0.733. The number of amides is 3. The Bertz CT molecular complexity index is 496. The van der Waals surface area contributed by atoms with Crippen LogP contribution in [-0.2, 0) is 19.2 Å². The Morgan fingerprint density at radius 3 is 2.38 bits per heavy atom. The van der Waals surface area contributed by atoms with Crippen molar-refractivity contribution in [1.82, 2.24) is 9.80 Å². The highest BCUT2D eigenvalue weighted by Gasteiger charge is 2.50. The number of piperidine rings is 1. The van der Waals surface area contributed by atoms with Crippen molar-refractivity contribution in [3.8, 4) is 0 Å². The van der Waals surface area contributed by atoms with E-state index in [-0.39, 0.29) is 42.4 Å². The van der Waals surface area contributed by atoms with Gasteiger partial charge in [-0.3, -0.25) is 24.1 Å². The number of carbonyl (C=O) groups excluding carboxylic acids is 4. The molecule has 2 atom stereocenters. The first-order valence-corrected chi connectivity index (χ1v) is 7.72. The van der Waals surface area contributed by atoms with Gasteiger partial charge < -0.3 is 4.90 Å². The SMILES string of the molecule is O=C1CC[C@@H]2C(=O)N(CC(=O)N3CCCCC3)C(=O)[C@@H]2C1. The summed E-state index contributed by atoms with van der Waals surface area (Å²) in [6, 6.07) is 0. The van der Waals surface area contributed by atoms with Gasteiger partial charge in [-0.15, -0.1) is 0 Å². The van der Waals surface area contributed by atoms with Crippen molar-refractivity contribution in [2.45, 2.75) is 38.5 Å². The summed E-state index contributed by atoms with van der Waals surface area (Å²) in [5.74, 6) is -1.61. The van der Waals surface area contributed by atoms with Crippen molar-refractivity contribution in [1.29, 1.82) is 0 Å². The van der Waals surface area contributed by atoms with Crippen molar-refractivity contribution < 1.29 is 19.2 Å². The van der Waals surface area contributed by atoms with Gasteiger partial charge in [0.25, 0.3) is 0 Å².